The van der Waals surface area contributed by atoms with Crippen molar-refractivity contribution in [1.82, 2.24) is 59.3 Å². The summed E-state index contributed by atoms with van der Waals surface area (Å²) in [7, 11) is 7.31. The molecule has 0 aliphatic carbocycles. The standard InChI is InChI=1S/C36H44FN7O3.C35H42FN7O3.C34H39F2N7O2/c1-25-9-6-10-26-11-7-12-31(33(25)26)42-15-14-29-30(22-42)39-35(47-23-27-19-36(2,37)24-41(27)4)40-34(29)43-16-17-44(28(21-43)20-38-3)32(45)13-8-18-46-5;1-24-8-5-9-25-10-6-11-30(32(24)25)41-14-13-28-29(21-41)38-34(46-22-26-18-35(2,36)23-40(26)4)39-33(28)42-15-16-43(27(20-42)19-37-3)31(45)12-7-17-44;1-22-8-6-9-24-10-7-11-29(30(22)24)41-13-12-27-28(19-41)38-33(45-20-25-16-34(3,36)21-40(25)5)39-31(27)42-14-15-43(32(44)23(2)35)26(18-42)17-37-4/h6-13,27-28H,14-24H2,1-2,4-5H3;5-12,26-27,44H,13-23H2,1-2,4H3;6-11,25-26H,2,12-21H2,1,3,5H3/b13-8+;12-7+;/t27-,28-,36?;26-,27-,35?;25-,26-,34?/m000/s1. The lowest BCUT2D eigenvalue weighted by atomic mass is 9.99. The van der Waals surface area contributed by atoms with Crippen LogP contribution in [-0.4, -0.2) is 314 Å². The molecular weight excluding hydrogens is 1760 g/mol. The molecule has 1 N–H and O–H groups in total. The molecule has 726 valence electrons. The highest BCUT2D eigenvalue weighted by Gasteiger charge is 2.45. The number of aliphatic hydroxyl groups excluding tert-OH is 1. The van der Waals surface area contributed by atoms with Crippen molar-refractivity contribution in [3.8, 4) is 18.0 Å². The van der Waals surface area contributed by atoms with E-state index in [-0.39, 0.29) is 113 Å². The summed E-state index contributed by atoms with van der Waals surface area (Å²) in [6, 6.07) is 37.6. The summed E-state index contributed by atoms with van der Waals surface area (Å²) in [6.45, 7) is 47.4. The number of aryl methyl sites for hydroxylation is 3. The van der Waals surface area contributed by atoms with Crippen molar-refractivity contribution >= 4 is 84.6 Å². The molecule has 3 unspecified atom stereocenters. The predicted molar refractivity (Wildman–Crippen MR) is 530 cm³/mol. The molecule has 9 aliphatic rings. The van der Waals surface area contributed by atoms with E-state index in [1.54, 1.807) is 43.8 Å². The first-order valence-electron chi connectivity index (χ1n) is 47.8. The van der Waals surface area contributed by atoms with E-state index >= 15 is 0 Å². The Balaban J connectivity index is 0.000000150. The fraction of sp³-hybridized carbons (Fsp3) is 0.486. The largest absolute Gasteiger partial charge is 0.462 e. The lowest BCUT2D eigenvalue weighted by Gasteiger charge is -2.41. The lowest BCUT2D eigenvalue weighted by molar-refractivity contribution is -0.131. The van der Waals surface area contributed by atoms with E-state index in [2.05, 4.69) is 180 Å². The van der Waals surface area contributed by atoms with Crippen molar-refractivity contribution in [2.45, 2.75) is 153 Å². The van der Waals surface area contributed by atoms with Gasteiger partial charge in [0, 0.05) is 205 Å². The number of halogens is 4. The third-order valence-electron chi connectivity index (χ3n) is 28.4. The van der Waals surface area contributed by atoms with Crippen LogP contribution in [0.4, 0.5) is 52.1 Å². The third-order valence-corrected chi connectivity index (χ3v) is 28.4. The van der Waals surface area contributed by atoms with E-state index in [0.717, 1.165) is 83.6 Å². The number of aromatic nitrogens is 6. The Morgan fingerprint density at radius 1 is 0.449 bits per heavy atom. The molecule has 138 heavy (non-hydrogen) atoms. The molecular formula is C105H125F4N21O8. The second-order valence-electron chi connectivity index (χ2n) is 38.9. The van der Waals surface area contributed by atoms with Crippen LogP contribution < -0.4 is 43.6 Å². The summed E-state index contributed by atoms with van der Waals surface area (Å²) in [5.41, 5.74) is 9.11. The van der Waals surface area contributed by atoms with Gasteiger partial charge in [0.05, 0.1) is 49.9 Å². The molecule has 18 rings (SSSR count). The van der Waals surface area contributed by atoms with Crippen LogP contribution >= 0.6 is 0 Å². The quantitative estimate of drug-likeness (QED) is 0.0336. The van der Waals surface area contributed by atoms with Gasteiger partial charge in [-0.1, -0.05) is 110 Å². The minimum absolute atomic E-state index is 0.0381. The molecule has 3 amide bonds. The number of aliphatic hydroxyl groups is 1. The van der Waals surface area contributed by atoms with Gasteiger partial charge in [-0.2, -0.15) is 29.9 Å². The summed E-state index contributed by atoms with van der Waals surface area (Å²) < 4.78 is 81.9. The second kappa shape index (κ2) is 42.6. The number of hydrogen-bond acceptors (Lipinski definition) is 23. The van der Waals surface area contributed by atoms with E-state index in [4.69, 9.17) is 73.7 Å². The number of fused-ring (bicyclic) bond motifs is 6. The van der Waals surface area contributed by atoms with Gasteiger partial charge in [0.1, 0.15) is 72.4 Å². The van der Waals surface area contributed by atoms with Crippen LogP contribution in [0.25, 0.3) is 46.9 Å². The van der Waals surface area contributed by atoms with Crippen LogP contribution in [-0.2, 0) is 58.0 Å². The highest BCUT2D eigenvalue weighted by Crippen LogP contribution is 2.43. The molecule has 33 heteroatoms. The molecule has 29 nitrogen and oxygen atoms in total. The molecule has 3 aromatic heterocycles. The number of likely N-dealkylation sites (N-methyl/N-ethyl adjacent to an activating group) is 3. The number of piperazine rings is 3. The van der Waals surface area contributed by atoms with Gasteiger partial charge in [-0.25, -0.2) is 37.3 Å². The van der Waals surface area contributed by atoms with Crippen LogP contribution in [0.3, 0.4) is 0 Å². The molecule has 12 heterocycles. The zero-order valence-corrected chi connectivity index (χ0v) is 80.7. The van der Waals surface area contributed by atoms with Crippen molar-refractivity contribution in [1.29, 1.82) is 0 Å². The number of carbonyl (C=O) groups is 3. The maximum absolute atomic E-state index is 14.8. The average Bonchev–Trinajstić information content (AvgIpc) is 1.35. The van der Waals surface area contributed by atoms with Gasteiger partial charge in [0.2, 0.25) is 31.4 Å². The van der Waals surface area contributed by atoms with Gasteiger partial charge in [0.25, 0.3) is 5.91 Å². The average molecular weight is 1890 g/mol. The number of hydrogen-bond donors (Lipinski definition) is 1. The van der Waals surface area contributed by atoms with Crippen molar-refractivity contribution in [2.75, 3.05) is 208 Å². The Morgan fingerprint density at radius 2 is 0.761 bits per heavy atom. The van der Waals surface area contributed by atoms with Crippen LogP contribution in [0.1, 0.15) is 90.5 Å². The molecule has 9 aliphatic heterocycles. The Hall–Kier alpha value is -12.8. The first-order chi connectivity index (χ1) is 66.4. The molecule has 0 saturated carbocycles. The normalized spacial score (nSPS) is 23.5. The van der Waals surface area contributed by atoms with Gasteiger partial charge in [0.15, 0.2) is 5.83 Å². The molecule has 9 atom stereocenters. The number of anilines is 6. The van der Waals surface area contributed by atoms with E-state index < -0.39 is 34.8 Å². The third kappa shape index (κ3) is 22.1. The van der Waals surface area contributed by atoms with Crippen LogP contribution in [0.2, 0.25) is 0 Å². The van der Waals surface area contributed by atoms with Gasteiger partial charge in [-0.3, -0.25) is 29.1 Å². The first kappa shape index (κ1) is 98.2. The Kier molecular flexibility index (Phi) is 30.3. The smallest absolute Gasteiger partial charge is 0.318 e. The number of benzene rings is 6. The Bertz CT molecular complexity index is 6180. The van der Waals surface area contributed by atoms with Gasteiger partial charge in [-0.15, -0.1) is 0 Å². The number of methoxy groups -OCH3 is 1. The number of likely N-dealkylation sites (tertiary alicyclic amines) is 3. The van der Waals surface area contributed by atoms with Crippen molar-refractivity contribution in [3.63, 3.8) is 0 Å². The number of carbonyl (C=O) groups excluding carboxylic acids is 3. The van der Waals surface area contributed by atoms with Crippen LogP contribution in [0.5, 0.6) is 18.0 Å². The summed E-state index contributed by atoms with van der Waals surface area (Å²) in [5.74, 6) is 0.142. The van der Waals surface area contributed by atoms with Gasteiger partial charge >= 0.3 is 18.0 Å². The van der Waals surface area contributed by atoms with Crippen LogP contribution in [0.15, 0.2) is 146 Å². The van der Waals surface area contributed by atoms with E-state index in [1.165, 1.54) is 83.5 Å². The Morgan fingerprint density at radius 3 is 1.06 bits per heavy atom. The summed E-state index contributed by atoms with van der Waals surface area (Å²) in [6.07, 6.45) is 9.32. The number of rotatable bonds is 24. The number of alkyl halides is 3. The van der Waals surface area contributed by atoms with Crippen LogP contribution in [0, 0.1) is 40.5 Å². The molecule has 9 aromatic rings. The molecule has 6 aromatic carbocycles. The SMILES string of the molecule is [C-]#[N+]C[C@H]1CN(c2nc(OC[C@@H]3CC(C)(F)CN3C)nc3c2CCN(c2cccc4cccc(C)c24)C3)CCN1C(=O)/C=C/CO.[C-]#[N+]C[C@H]1CN(c2nc(OC[C@@H]3CC(C)(F)CN3C)nc3c2CCN(c2cccc4cccc(C)c24)C3)CCN1C(=O)/C=C/COC.[C-]#[N+]C[C@H]1CN(c2nc(OC[C@@H]3CC(C)(F)CN3C)nc3c2CCN(c2cccc4cccc(C)c24)C3)CCN1C(=O)C(=C)F. The summed E-state index contributed by atoms with van der Waals surface area (Å²) >= 11 is 0. The lowest BCUT2D eigenvalue weighted by Crippen LogP contribution is -2.57. The topological polar surface area (TPSA) is 238 Å². The fourth-order valence-corrected chi connectivity index (χ4v) is 21.7. The summed E-state index contributed by atoms with van der Waals surface area (Å²) in [5, 5.41) is 16.4. The molecule has 6 saturated heterocycles. The van der Waals surface area contributed by atoms with E-state index in [1.807, 2.05) is 35.8 Å². The highest BCUT2D eigenvalue weighted by molar-refractivity contribution is 5.99. The fourth-order valence-electron chi connectivity index (χ4n) is 21.7. The van der Waals surface area contributed by atoms with Gasteiger partial charge < -0.3 is 82.7 Å². The first-order valence-corrected chi connectivity index (χ1v) is 47.8. The number of ether oxygens (including phenoxy) is 4. The van der Waals surface area contributed by atoms with Gasteiger partial charge in [-0.05, 0) is 133 Å². The minimum atomic E-state index is -1.28. The summed E-state index contributed by atoms with van der Waals surface area (Å²) in [4.78, 5) is 103. The highest BCUT2D eigenvalue weighted by atomic mass is 19.2. The molecule has 0 bridgehead atoms. The second-order valence-corrected chi connectivity index (χ2v) is 38.9. The number of amides is 3. The van der Waals surface area contributed by atoms with Crippen molar-refractivity contribution in [3.05, 3.63) is 231 Å². The molecule has 0 spiro atoms. The zero-order valence-electron chi connectivity index (χ0n) is 80.7. The maximum Gasteiger partial charge on any atom is 0.318 e. The monoisotopic (exact) mass is 1880 g/mol. The van der Waals surface area contributed by atoms with E-state index in [9.17, 15) is 31.9 Å². The number of nitrogens with zero attached hydrogens (tertiary/aromatic N) is 21. The van der Waals surface area contributed by atoms with Crippen molar-refractivity contribution in [2.24, 2.45) is 0 Å². The van der Waals surface area contributed by atoms with E-state index in [0.29, 0.717) is 130 Å². The Labute approximate surface area is 805 Å². The van der Waals surface area contributed by atoms with Crippen molar-refractivity contribution < 1.29 is 56.0 Å². The molecule has 6 fully saturated rings. The molecule has 0 radical (unpaired) electrons. The predicted octanol–water partition coefficient (Wildman–Crippen LogP) is 13.0. The maximum atomic E-state index is 14.8. The zero-order chi connectivity index (χ0) is 97.4. The minimum Gasteiger partial charge on any atom is -0.462 e.